The van der Waals surface area contributed by atoms with E-state index in [9.17, 15) is 10.1 Å². The molecule has 2 rings (SSSR count). The van der Waals surface area contributed by atoms with Crippen molar-refractivity contribution in [1.29, 1.82) is 5.26 Å². The van der Waals surface area contributed by atoms with Crippen molar-refractivity contribution in [1.82, 2.24) is 0 Å². The van der Waals surface area contributed by atoms with Crippen molar-refractivity contribution in [2.24, 2.45) is 0 Å². The van der Waals surface area contributed by atoms with Crippen LogP contribution in [-0.4, -0.2) is 17.5 Å². The molecule has 0 aliphatic heterocycles. The summed E-state index contributed by atoms with van der Waals surface area (Å²) in [5.41, 5.74) is 1.79. The summed E-state index contributed by atoms with van der Waals surface area (Å²) < 4.78 is 0. The van der Waals surface area contributed by atoms with Gasteiger partial charge in [-0.25, -0.2) is 0 Å². The second-order valence-electron chi connectivity index (χ2n) is 4.89. The zero-order valence-electron chi connectivity index (χ0n) is 12.1. The molecule has 1 atom stereocenters. The first-order chi connectivity index (χ1) is 10.6. The van der Waals surface area contributed by atoms with Gasteiger partial charge in [-0.3, -0.25) is 10.1 Å². The van der Waals surface area contributed by atoms with E-state index in [0.29, 0.717) is 12.2 Å². The second-order valence-corrected chi connectivity index (χ2v) is 4.89. The van der Waals surface area contributed by atoms with Crippen molar-refractivity contribution in [3.05, 3.63) is 64.2 Å². The van der Waals surface area contributed by atoms with E-state index >= 15 is 0 Å². The molecule has 0 heterocycles. The SMILES string of the molecule is CC(CNc1ccc([N+](=O)[O-])cc1C#N)Nc1ccccc1. The molecule has 0 fully saturated rings. The third-order valence-electron chi connectivity index (χ3n) is 3.12. The highest BCUT2D eigenvalue weighted by Crippen LogP contribution is 2.21. The van der Waals surface area contributed by atoms with E-state index in [4.69, 9.17) is 5.26 Å². The summed E-state index contributed by atoms with van der Waals surface area (Å²) >= 11 is 0. The maximum absolute atomic E-state index is 10.7. The van der Waals surface area contributed by atoms with Crippen molar-refractivity contribution in [3.63, 3.8) is 0 Å². The number of non-ortho nitro benzene ring substituents is 1. The molecular weight excluding hydrogens is 280 g/mol. The van der Waals surface area contributed by atoms with Crippen LogP contribution in [0.4, 0.5) is 17.1 Å². The minimum Gasteiger partial charge on any atom is -0.382 e. The number of hydrogen-bond acceptors (Lipinski definition) is 5. The number of hydrogen-bond donors (Lipinski definition) is 2. The third-order valence-corrected chi connectivity index (χ3v) is 3.12. The Morgan fingerprint density at radius 2 is 2.00 bits per heavy atom. The quantitative estimate of drug-likeness (QED) is 0.630. The lowest BCUT2D eigenvalue weighted by atomic mass is 10.1. The molecule has 0 amide bonds. The predicted molar refractivity (Wildman–Crippen MR) is 85.8 cm³/mol. The molecule has 6 nitrogen and oxygen atoms in total. The second kappa shape index (κ2) is 7.09. The summed E-state index contributed by atoms with van der Waals surface area (Å²) in [4.78, 5) is 10.2. The van der Waals surface area contributed by atoms with E-state index in [1.54, 1.807) is 6.07 Å². The predicted octanol–water partition coefficient (Wildman–Crippen LogP) is 3.38. The zero-order chi connectivity index (χ0) is 15.9. The van der Waals surface area contributed by atoms with Gasteiger partial charge in [-0.1, -0.05) is 18.2 Å². The largest absolute Gasteiger partial charge is 0.382 e. The Labute approximate surface area is 128 Å². The number of rotatable bonds is 6. The number of benzene rings is 2. The van der Waals surface area contributed by atoms with Crippen LogP contribution in [0.5, 0.6) is 0 Å². The Balaban J connectivity index is 1.99. The van der Waals surface area contributed by atoms with Crippen LogP contribution in [0, 0.1) is 21.4 Å². The summed E-state index contributed by atoms with van der Waals surface area (Å²) in [6, 6.07) is 16.1. The molecule has 22 heavy (non-hydrogen) atoms. The third kappa shape index (κ3) is 3.96. The van der Waals surface area contributed by atoms with Crippen molar-refractivity contribution >= 4 is 17.1 Å². The summed E-state index contributed by atoms with van der Waals surface area (Å²) in [6.45, 7) is 2.60. The molecule has 6 heteroatoms. The smallest absolute Gasteiger partial charge is 0.270 e. The van der Waals surface area contributed by atoms with E-state index in [1.165, 1.54) is 12.1 Å². The van der Waals surface area contributed by atoms with Crippen LogP contribution in [0.25, 0.3) is 0 Å². The van der Waals surface area contributed by atoms with E-state index in [1.807, 2.05) is 43.3 Å². The maximum Gasteiger partial charge on any atom is 0.270 e. The number of nitriles is 1. The normalized spacial score (nSPS) is 11.3. The summed E-state index contributed by atoms with van der Waals surface area (Å²) in [6.07, 6.45) is 0. The molecule has 2 aromatic rings. The maximum atomic E-state index is 10.7. The summed E-state index contributed by atoms with van der Waals surface area (Å²) in [7, 11) is 0. The monoisotopic (exact) mass is 296 g/mol. The highest BCUT2D eigenvalue weighted by molar-refractivity contribution is 5.61. The molecule has 112 valence electrons. The number of nitro groups is 1. The lowest BCUT2D eigenvalue weighted by Gasteiger charge is -2.17. The van der Waals surface area contributed by atoms with Gasteiger partial charge < -0.3 is 10.6 Å². The first-order valence-corrected chi connectivity index (χ1v) is 6.84. The summed E-state index contributed by atoms with van der Waals surface area (Å²) in [5.74, 6) is 0. The van der Waals surface area contributed by atoms with E-state index in [-0.39, 0.29) is 17.3 Å². The van der Waals surface area contributed by atoms with Crippen LogP contribution < -0.4 is 10.6 Å². The Kier molecular flexibility index (Phi) is 4.94. The molecule has 0 bridgehead atoms. The lowest BCUT2D eigenvalue weighted by Crippen LogP contribution is -2.25. The van der Waals surface area contributed by atoms with Gasteiger partial charge in [0.1, 0.15) is 6.07 Å². The Bertz CT molecular complexity index is 695. The Morgan fingerprint density at radius 3 is 2.64 bits per heavy atom. The molecule has 0 spiro atoms. The fourth-order valence-electron chi connectivity index (χ4n) is 2.03. The number of nitro benzene ring substituents is 1. The molecule has 0 aliphatic rings. The van der Waals surface area contributed by atoms with Crippen LogP contribution in [0.1, 0.15) is 12.5 Å². The molecule has 0 radical (unpaired) electrons. The van der Waals surface area contributed by atoms with Crippen LogP contribution in [0.15, 0.2) is 48.5 Å². The van der Waals surface area contributed by atoms with Crippen molar-refractivity contribution < 1.29 is 4.92 Å². The van der Waals surface area contributed by atoms with Gasteiger partial charge in [-0.15, -0.1) is 0 Å². The van der Waals surface area contributed by atoms with Crippen LogP contribution in [0.2, 0.25) is 0 Å². The molecule has 0 saturated heterocycles. The van der Waals surface area contributed by atoms with Crippen LogP contribution in [0.3, 0.4) is 0 Å². The van der Waals surface area contributed by atoms with Gasteiger partial charge in [0.2, 0.25) is 0 Å². The average molecular weight is 296 g/mol. The molecular formula is C16H16N4O2. The van der Waals surface area contributed by atoms with Crippen molar-refractivity contribution in [2.75, 3.05) is 17.2 Å². The molecule has 2 aromatic carbocycles. The van der Waals surface area contributed by atoms with Crippen LogP contribution >= 0.6 is 0 Å². The average Bonchev–Trinajstić information content (AvgIpc) is 2.53. The highest BCUT2D eigenvalue weighted by Gasteiger charge is 2.11. The van der Waals surface area contributed by atoms with E-state index in [2.05, 4.69) is 10.6 Å². The standard InChI is InChI=1S/C16H16N4O2/c1-12(19-14-5-3-2-4-6-14)11-18-16-8-7-15(20(21)22)9-13(16)10-17/h2-9,12,18-19H,11H2,1H3. The Morgan fingerprint density at radius 1 is 1.27 bits per heavy atom. The minimum absolute atomic E-state index is 0.0856. The Hall–Kier alpha value is -3.07. The fraction of sp³-hybridized carbons (Fsp3) is 0.188. The van der Waals surface area contributed by atoms with Gasteiger partial charge in [-0.05, 0) is 25.1 Å². The molecule has 0 aromatic heterocycles. The van der Waals surface area contributed by atoms with Crippen LogP contribution in [-0.2, 0) is 0 Å². The van der Waals surface area contributed by atoms with Gasteiger partial charge in [0.15, 0.2) is 0 Å². The molecule has 2 N–H and O–H groups in total. The minimum atomic E-state index is -0.510. The van der Waals surface area contributed by atoms with Gasteiger partial charge in [-0.2, -0.15) is 5.26 Å². The fourth-order valence-corrected chi connectivity index (χ4v) is 2.03. The highest BCUT2D eigenvalue weighted by atomic mass is 16.6. The summed E-state index contributed by atoms with van der Waals surface area (Å²) in [5, 5.41) is 26.3. The number of nitrogens with zero attached hydrogens (tertiary/aromatic N) is 2. The van der Waals surface area contributed by atoms with Gasteiger partial charge in [0.05, 0.1) is 16.2 Å². The molecule has 0 saturated carbocycles. The molecule has 1 unspecified atom stereocenters. The number of anilines is 2. The lowest BCUT2D eigenvalue weighted by molar-refractivity contribution is -0.384. The van der Waals surface area contributed by atoms with Crippen molar-refractivity contribution in [3.8, 4) is 6.07 Å². The first kappa shape index (κ1) is 15.3. The van der Waals surface area contributed by atoms with Gasteiger partial charge in [0.25, 0.3) is 5.69 Å². The topological polar surface area (TPSA) is 91.0 Å². The van der Waals surface area contributed by atoms with E-state index in [0.717, 1.165) is 5.69 Å². The van der Waals surface area contributed by atoms with Gasteiger partial charge >= 0.3 is 0 Å². The van der Waals surface area contributed by atoms with Gasteiger partial charge in [0, 0.05) is 30.4 Å². The van der Waals surface area contributed by atoms with E-state index < -0.39 is 4.92 Å². The molecule has 0 aliphatic carbocycles. The number of nitrogens with one attached hydrogen (secondary N) is 2. The zero-order valence-corrected chi connectivity index (χ0v) is 12.1. The van der Waals surface area contributed by atoms with Crippen molar-refractivity contribution in [2.45, 2.75) is 13.0 Å². The first-order valence-electron chi connectivity index (χ1n) is 6.84. The number of para-hydroxylation sites is 1.